The van der Waals surface area contributed by atoms with Crippen molar-refractivity contribution in [3.8, 4) is 11.5 Å². The van der Waals surface area contributed by atoms with Crippen LogP contribution in [-0.4, -0.2) is 26.0 Å². The summed E-state index contributed by atoms with van der Waals surface area (Å²) in [4.78, 5) is 24.6. The molecule has 2 aromatic rings. The lowest BCUT2D eigenvalue weighted by Gasteiger charge is -2.15. The van der Waals surface area contributed by atoms with Gasteiger partial charge in [-0.15, -0.1) is 0 Å². The highest BCUT2D eigenvalue weighted by atomic mass is 35.5. The molecule has 0 fully saturated rings. The number of nitrogens with one attached hydrogen (secondary N) is 2. The molecule has 6 nitrogen and oxygen atoms in total. The number of anilines is 2. The molecule has 7 heteroatoms. The number of hydrogen-bond acceptors (Lipinski definition) is 4. The molecule has 2 amide bonds. The van der Waals surface area contributed by atoms with Crippen LogP contribution in [0.3, 0.4) is 0 Å². The number of ether oxygens (including phenoxy) is 2. The van der Waals surface area contributed by atoms with Gasteiger partial charge < -0.3 is 20.1 Å². The summed E-state index contributed by atoms with van der Waals surface area (Å²) in [5.74, 6) is -0.733. The summed E-state index contributed by atoms with van der Waals surface area (Å²) in [7, 11) is 2.89. The van der Waals surface area contributed by atoms with Gasteiger partial charge in [-0.05, 0) is 17.5 Å². The van der Waals surface area contributed by atoms with E-state index in [0.717, 1.165) is 5.56 Å². The molecule has 0 atom stereocenters. The van der Waals surface area contributed by atoms with Crippen LogP contribution >= 0.6 is 11.6 Å². The summed E-state index contributed by atoms with van der Waals surface area (Å²) in [6, 6.07) is 10.3. The largest absolute Gasteiger partial charge is 0.495 e. The molecule has 0 saturated heterocycles. The Bertz CT molecular complexity index is 821. The van der Waals surface area contributed by atoms with E-state index in [0.29, 0.717) is 22.2 Å². The van der Waals surface area contributed by atoms with Crippen molar-refractivity contribution < 1.29 is 19.1 Å². The summed E-state index contributed by atoms with van der Waals surface area (Å²) >= 11 is 6.04. The number of hydrogen-bond donors (Lipinski definition) is 2. The van der Waals surface area contributed by atoms with Crippen LogP contribution in [-0.2, 0) is 9.59 Å². The van der Waals surface area contributed by atoms with E-state index in [1.54, 1.807) is 12.1 Å². The molecule has 0 bridgehead atoms. The van der Waals surface area contributed by atoms with Crippen LogP contribution in [0.2, 0.25) is 5.02 Å². The minimum atomic E-state index is -0.828. The zero-order chi connectivity index (χ0) is 19.3. The fourth-order valence-corrected chi connectivity index (χ4v) is 2.66. The van der Waals surface area contributed by atoms with Crippen LogP contribution in [0, 0.1) is 0 Å². The van der Waals surface area contributed by atoms with Gasteiger partial charge in [0.2, 0.25) is 0 Å². The average molecular weight is 377 g/mol. The molecule has 26 heavy (non-hydrogen) atoms. The Balaban J connectivity index is 2.19. The second-order valence-electron chi connectivity index (χ2n) is 5.84. The van der Waals surface area contributed by atoms with Crippen molar-refractivity contribution in [2.45, 2.75) is 19.8 Å². The number of halogens is 1. The highest BCUT2D eigenvalue weighted by molar-refractivity contribution is 6.44. The first-order valence-corrected chi connectivity index (χ1v) is 8.38. The van der Waals surface area contributed by atoms with Crippen molar-refractivity contribution in [3.63, 3.8) is 0 Å². The third-order valence-corrected chi connectivity index (χ3v) is 4.05. The van der Waals surface area contributed by atoms with Gasteiger partial charge in [-0.3, -0.25) is 9.59 Å². The Labute approximate surface area is 157 Å². The fraction of sp³-hybridized carbons (Fsp3) is 0.263. The quantitative estimate of drug-likeness (QED) is 0.771. The van der Waals surface area contributed by atoms with Crippen molar-refractivity contribution >= 4 is 34.8 Å². The van der Waals surface area contributed by atoms with Gasteiger partial charge in [-0.2, -0.15) is 0 Å². The smallest absolute Gasteiger partial charge is 0.314 e. The molecule has 2 aromatic carbocycles. The third-order valence-electron chi connectivity index (χ3n) is 3.76. The Morgan fingerprint density at radius 1 is 0.923 bits per heavy atom. The normalized spacial score (nSPS) is 10.4. The number of carbonyl (C=O) groups excluding carboxylic acids is 2. The van der Waals surface area contributed by atoms with Crippen molar-refractivity contribution in [1.82, 2.24) is 0 Å². The van der Waals surface area contributed by atoms with Gasteiger partial charge in [-0.1, -0.05) is 43.6 Å². The predicted octanol–water partition coefficient (Wildman–Crippen LogP) is 4.06. The summed E-state index contributed by atoms with van der Waals surface area (Å²) < 4.78 is 10.3. The molecule has 0 aliphatic rings. The molecule has 138 valence electrons. The zero-order valence-electron chi connectivity index (χ0n) is 15.1. The van der Waals surface area contributed by atoms with Crippen molar-refractivity contribution in [1.29, 1.82) is 0 Å². The molecule has 0 spiro atoms. The molecule has 0 aromatic heterocycles. The first-order valence-electron chi connectivity index (χ1n) is 8.00. The van der Waals surface area contributed by atoms with Gasteiger partial charge in [-0.25, -0.2) is 0 Å². The SMILES string of the molecule is COc1cc(NC(=O)C(=O)Nc2ccccc2C(C)C)c(OC)cc1Cl. The van der Waals surface area contributed by atoms with Crippen LogP contribution in [0.4, 0.5) is 11.4 Å². The van der Waals surface area contributed by atoms with E-state index in [9.17, 15) is 9.59 Å². The Morgan fingerprint density at radius 2 is 1.50 bits per heavy atom. The van der Waals surface area contributed by atoms with Crippen LogP contribution in [0.5, 0.6) is 11.5 Å². The van der Waals surface area contributed by atoms with Gasteiger partial charge in [0.1, 0.15) is 11.5 Å². The van der Waals surface area contributed by atoms with Gasteiger partial charge in [0, 0.05) is 17.8 Å². The molecule has 0 heterocycles. The van der Waals surface area contributed by atoms with E-state index in [4.69, 9.17) is 21.1 Å². The highest BCUT2D eigenvalue weighted by Crippen LogP contribution is 2.35. The second-order valence-corrected chi connectivity index (χ2v) is 6.24. The number of benzene rings is 2. The summed E-state index contributed by atoms with van der Waals surface area (Å²) in [6.45, 7) is 4.02. The lowest BCUT2D eigenvalue weighted by molar-refractivity contribution is -0.133. The van der Waals surface area contributed by atoms with E-state index in [-0.39, 0.29) is 11.6 Å². The van der Waals surface area contributed by atoms with E-state index < -0.39 is 11.8 Å². The molecule has 0 radical (unpaired) electrons. The zero-order valence-corrected chi connectivity index (χ0v) is 15.8. The lowest BCUT2D eigenvalue weighted by Crippen LogP contribution is -2.29. The van der Waals surface area contributed by atoms with Crippen LogP contribution < -0.4 is 20.1 Å². The van der Waals surface area contributed by atoms with Crippen molar-refractivity contribution in [3.05, 3.63) is 47.0 Å². The predicted molar refractivity (Wildman–Crippen MR) is 102 cm³/mol. The Kier molecular flexibility index (Phi) is 6.46. The van der Waals surface area contributed by atoms with E-state index >= 15 is 0 Å². The molecular weight excluding hydrogens is 356 g/mol. The van der Waals surface area contributed by atoms with Crippen LogP contribution in [0.15, 0.2) is 36.4 Å². The molecule has 0 unspecified atom stereocenters. The third kappa shape index (κ3) is 4.46. The maximum atomic E-state index is 12.3. The first-order chi connectivity index (χ1) is 12.4. The van der Waals surface area contributed by atoms with E-state index in [1.165, 1.54) is 26.4 Å². The number of rotatable bonds is 5. The number of methoxy groups -OCH3 is 2. The minimum Gasteiger partial charge on any atom is -0.495 e. The van der Waals surface area contributed by atoms with Gasteiger partial charge in [0.25, 0.3) is 0 Å². The summed E-state index contributed by atoms with van der Waals surface area (Å²) in [6.07, 6.45) is 0. The lowest BCUT2D eigenvalue weighted by atomic mass is 10.0. The topological polar surface area (TPSA) is 76.7 Å². The highest BCUT2D eigenvalue weighted by Gasteiger charge is 2.19. The summed E-state index contributed by atoms with van der Waals surface area (Å²) in [5, 5.41) is 5.49. The van der Waals surface area contributed by atoms with Crippen molar-refractivity contribution in [2.24, 2.45) is 0 Å². The average Bonchev–Trinajstić information content (AvgIpc) is 2.62. The molecule has 0 aliphatic heterocycles. The second kappa shape index (κ2) is 8.58. The van der Waals surface area contributed by atoms with Crippen LogP contribution in [0.25, 0.3) is 0 Å². The standard InChI is InChI=1S/C19H21ClN2O4/c1-11(2)12-7-5-6-8-14(12)21-18(23)19(24)22-15-10-16(25-3)13(20)9-17(15)26-4/h5-11H,1-4H3,(H,21,23)(H,22,24). The van der Waals surface area contributed by atoms with Crippen LogP contribution in [0.1, 0.15) is 25.3 Å². The molecule has 2 rings (SSSR count). The number of para-hydroxylation sites is 1. The van der Waals surface area contributed by atoms with E-state index in [1.807, 2.05) is 26.0 Å². The van der Waals surface area contributed by atoms with Gasteiger partial charge >= 0.3 is 11.8 Å². The van der Waals surface area contributed by atoms with E-state index in [2.05, 4.69) is 10.6 Å². The molecule has 0 saturated carbocycles. The molecule has 0 aliphatic carbocycles. The fourth-order valence-electron chi connectivity index (χ4n) is 2.43. The van der Waals surface area contributed by atoms with Crippen molar-refractivity contribution in [2.75, 3.05) is 24.9 Å². The first kappa shape index (κ1) is 19.6. The Morgan fingerprint density at radius 3 is 2.08 bits per heavy atom. The molecule has 2 N–H and O–H groups in total. The maximum absolute atomic E-state index is 12.3. The minimum absolute atomic E-state index is 0.204. The summed E-state index contributed by atoms with van der Waals surface area (Å²) in [5.41, 5.74) is 1.83. The number of amides is 2. The number of carbonyl (C=O) groups is 2. The molecular formula is C19H21ClN2O4. The van der Waals surface area contributed by atoms with Gasteiger partial charge in [0.05, 0.1) is 24.9 Å². The monoisotopic (exact) mass is 376 g/mol. The van der Waals surface area contributed by atoms with Gasteiger partial charge in [0.15, 0.2) is 0 Å². The Hall–Kier alpha value is -2.73. The maximum Gasteiger partial charge on any atom is 0.314 e.